The molecule has 0 saturated carbocycles. The van der Waals surface area contributed by atoms with E-state index < -0.39 is 89.4 Å². The number of fused-ring (bicyclic) bond motifs is 2. The molecule has 3 saturated heterocycles. The number of carbonyl (C=O) groups is 4. The maximum absolute atomic E-state index is 14.6. The summed E-state index contributed by atoms with van der Waals surface area (Å²) >= 11 is 0. The van der Waals surface area contributed by atoms with Crippen LogP contribution in [0.5, 0.6) is 0 Å². The number of rotatable bonds is 9. The molecule has 5 rings (SSSR count). The number of aliphatic hydroxyl groups excluding tert-OH is 1. The molecule has 1 aromatic heterocycles. The van der Waals surface area contributed by atoms with E-state index in [1.165, 1.54) is 19.0 Å². The third kappa shape index (κ3) is 8.05. The van der Waals surface area contributed by atoms with Crippen LogP contribution in [0.2, 0.25) is 0 Å². The maximum Gasteiger partial charge on any atom is 0.425 e. The molecular weight excluding hydrogens is 700 g/mol. The Morgan fingerprint density at radius 2 is 1.76 bits per heavy atom. The lowest BCUT2D eigenvalue weighted by molar-refractivity contribution is -0.288. The number of aliphatic hydroxyl groups is 1. The lowest BCUT2D eigenvalue weighted by atomic mass is 9.73. The molecule has 0 bridgehead atoms. The number of aryl methyl sites for hydroxylation is 1. The first-order valence-electron chi connectivity index (χ1n) is 19.1. The van der Waals surface area contributed by atoms with Crippen molar-refractivity contribution in [3.05, 3.63) is 24.3 Å². The fourth-order valence-electron chi connectivity index (χ4n) is 8.59. The number of methoxy groups -OCH3 is 1. The van der Waals surface area contributed by atoms with E-state index in [1.807, 2.05) is 31.2 Å². The Balaban J connectivity index is 1.46. The van der Waals surface area contributed by atoms with Crippen molar-refractivity contribution in [2.75, 3.05) is 13.7 Å². The van der Waals surface area contributed by atoms with Crippen LogP contribution >= 0.6 is 0 Å². The molecule has 1 aromatic carbocycles. The quantitative estimate of drug-likeness (QED) is 0.191. The van der Waals surface area contributed by atoms with Crippen molar-refractivity contribution in [2.24, 2.45) is 29.4 Å². The number of nitrogens with two attached hydrogens (primary N) is 1. The number of hydrazine groups is 1. The predicted molar refractivity (Wildman–Crippen MR) is 195 cm³/mol. The highest BCUT2D eigenvalue weighted by Gasteiger charge is 2.60. The first-order valence-corrected chi connectivity index (χ1v) is 19.1. The van der Waals surface area contributed by atoms with Crippen LogP contribution in [-0.2, 0) is 44.6 Å². The Hall–Kier alpha value is -3.54. The molecule has 4 N–H and O–H groups in total. The van der Waals surface area contributed by atoms with E-state index in [0.29, 0.717) is 25.9 Å². The second kappa shape index (κ2) is 16.7. The van der Waals surface area contributed by atoms with Crippen LogP contribution in [0.1, 0.15) is 81.1 Å². The first-order chi connectivity index (χ1) is 25.5. The fourth-order valence-corrected chi connectivity index (χ4v) is 8.59. The van der Waals surface area contributed by atoms with Gasteiger partial charge in [0.1, 0.15) is 35.5 Å². The van der Waals surface area contributed by atoms with E-state index in [0.717, 1.165) is 11.0 Å². The number of aromatic nitrogens is 3. The molecule has 0 spiro atoms. The van der Waals surface area contributed by atoms with Crippen molar-refractivity contribution in [2.45, 2.75) is 142 Å². The summed E-state index contributed by atoms with van der Waals surface area (Å²) in [6, 6.07) is 6.08. The number of amides is 1. The van der Waals surface area contributed by atoms with Crippen molar-refractivity contribution >= 4 is 34.7 Å². The number of esters is 1. The Morgan fingerprint density at radius 1 is 1.06 bits per heavy atom. The van der Waals surface area contributed by atoms with E-state index in [-0.39, 0.29) is 24.7 Å². The van der Waals surface area contributed by atoms with Gasteiger partial charge in [0.2, 0.25) is 0 Å². The fraction of sp³-hybridized carbons (Fsp3) is 0.737. The van der Waals surface area contributed by atoms with Gasteiger partial charge in [0.25, 0.3) is 0 Å². The van der Waals surface area contributed by atoms with Gasteiger partial charge in [0.15, 0.2) is 17.7 Å². The van der Waals surface area contributed by atoms with E-state index in [9.17, 15) is 24.3 Å². The minimum absolute atomic E-state index is 0.0902. The van der Waals surface area contributed by atoms with Gasteiger partial charge in [-0.3, -0.25) is 14.4 Å². The van der Waals surface area contributed by atoms with Gasteiger partial charge in [0, 0.05) is 44.0 Å². The highest BCUT2D eigenvalue weighted by Crippen LogP contribution is 2.42. The number of para-hydroxylation sites is 1. The highest BCUT2D eigenvalue weighted by atomic mass is 16.7. The number of ether oxygens (including phenoxy) is 5. The van der Waals surface area contributed by atoms with Crippen molar-refractivity contribution in [1.29, 1.82) is 0 Å². The average molecular weight is 759 g/mol. The number of hydrogen-bond donors (Lipinski definition) is 3. The molecule has 2 unspecified atom stereocenters. The summed E-state index contributed by atoms with van der Waals surface area (Å²) in [5, 5.41) is 20.8. The summed E-state index contributed by atoms with van der Waals surface area (Å²) in [5.74, 6) is -5.24. The molecule has 3 aliphatic rings. The summed E-state index contributed by atoms with van der Waals surface area (Å²) in [4.78, 5) is 56.3. The van der Waals surface area contributed by atoms with Crippen molar-refractivity contribution in [3.63, 3.8) is 0 Å². The summed E-state index contributed by atoms with van der Waals surface area (Å²) in [7, 11) is 1.46. The predicted octanol–water partition coefficient (Wildman–Crippen LogP) is 2.93. The number of hydrogen-bond acceptors (Lipinski definition) is 14. The Bertz CT molecular complexity index is 1670. The third-order valence-corrected chi connectivity index (χ3v) is 11.7. The number of nitrogens with zero attached hydrogens (tertiary/aromatic N) is 4. The van der Waals surface area contributed by atoms with Crippen LogP contribution in [0, 0.1) is 23.7 Å². The zero-order chi connectivity index (χ0) is 39.7. The van der Waals surface area contributed by atoms with Crippen LogP contribution in [-0.4, -0.2) is 116 Å². The van der Waals surface area contributed by atoms with Gasteiger partial charge in [-0.05, 0) is 65.5 Å². The molecule has 300 valence electrons. The summed E-state index contributed by atoms with van der Waals surface area (Å²) < 4.78 is 32.4. The molecule has 54 heavy (non-hydrogen) atoms. The minimum atomic E-state index is -1.47. The van der Waals surface area contributed by atoms with Gasteiger partial charge in [-0.25, -0.2) is 19.9 Å². The molecule has 4 heterocycles. The lowest BCUT2D eigenvalue weighted by Gasteiger charge is -2.46. The second-order valence-corrected chi connectivity index (χ2v) is 15.8. The van der Waals surface area contributed by atoms with E-state index >= 15 is 0 Å². The number of ketones is 2. The Kier molecular flexibility index (Phi) is 12.9. The Morgan fingerprint density at radius 3 is 2.44 bits per heavy atom. The van der Waals surface area contributed by atoms with Crippen LogP contribution in [0.25, 0.3) is 11.0 Å². The van der Waals surface area contributed by atoms with E-state index in [2.05, 4.69) is 15.7 Å². The van der Waals surface area contributed by atoms with Crippen molar-refractivity contribution in [3.8, 4) is 0 Å². The smallest absolute Gasteiger partial charge is 0.425 e. The molecule has 3 fully saturated rings. The number of carbonyl (C=O) groups excluding carboxylic acids is 4. The van der Waals surface area contributed by atoms with Gasteiger partial charge in [-0.1, -0.05) is 45.0 Å². The Labute approximate surface area is 316 Å². The molecule has 16 heteroatoms. The number of Topliss-reactive ketones (excluding diaryl/α,β-unsaturated/α-hetero) is 2. The highest BCUT2D eigenvalue weighted by molar-refractivity contribution is 6.00. The molecule has 1 amide bonds. The van der Waals surface area contributed by atoms with Crippen molar-refractivity contribution in [1.82, 2.24) is 25.4 Å². The van der Waals surface area contributed by atoms with E-state index in [4.69, 9.17) is 29.4 Å². The monoisotopic (exact) mass is 758 g/mol. The van der Waals surface area contributed by atoms with Gasteiger partial charge in [-0.15, -0.1) is 5.10 Å². The number of benzene rings is 1. The lowest BCUT2D eigenvalue weighted by Crippen LogP contribution is -2.61. The van der Waals surface area contributed by atoms with E-state index in [1.54, 1.807) is 46.2 Å². The van der Waals surface area contributed by atoms with Gasteiger partial charge in [0.05, 0.1) is 23.3 Å². The average Bonchev–Trinajstić information content (AvgIpc) is 3.67. The molecule has 3 aliphatic heterocycles. The molecule has 2 aromatic rings. The summed E-state index contributed by atoms with van der Waals surface area (Å²) in [6.45, 7) is 14.4. The third-order valence-electron chi connectivity index (χ3n) is 11.7. The zero-order valence-corrected chi connectivity index (χ0v) is 32.9. The molecule has 13 atom stereocenters. The molecule has 0 radical (unpaired) electrons. The van der Waals surface area contributed by atoms with Gasteiger partial charge >= 0.3 is 12.1 Å². The van der Waals surface area contributed by atoms with Crippen LogP contribution in [0.4, 0.5) is 4.79 Å². The molecular formula is C38H58N6O10. The minimum Gasteiger partial charge on any atom is -0.458 e. The normalized spacial score (nSPS) is 38.6. The largest absolute Gasteiger partial charge is 0.458 e. The van der Waals surface area contributed by atoms with Gasteiger partial charge < -0.3 is 34.5 Å². The summed E-state index contributed by atoms with van der Waals surface area (Å²) in [5.41, 5.74) is 8.30. The SMILES string of the molecule is CC[C@H]1OC(=O)[C@H](C)C(=O)[C@H](C)[C@@H](O[C@@H]2O[C@H](C)CC(N)C2O)[C@](C)(OC)C[C@@H](C)C(=O)[C@H](C)[C@H]2N(NCCCn3nnc4ccccc43)C(=O)O[C@]12C. The van der Waals surface area contributed by atoms with Crippen LogP contribution in [0.3, 0.4) is 0 Å². The number of nitrogens with one attached hydrogen (secondary N) is 1. The van der Waals surface area contributed by atoms with Crippen molar-refractivity contribution < 1.29 is 48.0 Å². The van der Waals surface area contributed by atoms with Gasteiger partial charge in [-0.2, -0.15) is 0 Å². The number of cyclic esters (lactones) is 1. The summed E-state index contributed by atoms with van der Waals surface area (Å²) in [6.07, 6.45) is -4.25. The molecule has 0 aliphatic carbocycles. The zero-order valence-electron chi connectivity index (χ0n) is 32.9. The molecule has 16 nitrogen and oxygen atoms in total. The first kappa shape index (κ1) is 41.6. The second-order valence-electron chi connectivity index (χ2n) is 15.8. The maximum atomic E-state index is 14.6. The topological polar surface area (TPSA) is 207 Å². The van der Waals surface area contributed by atoms with Crippen LogP contribution < -0.4 is 11.2 Å². The van der Waals surface area contributed by atoms with Crippen LogP contribution in [0.15, 0.2) is 24.3 Å². The standard InChI is InChI=1S/C38H58N6O10/c1-10-28-38(8)32(44(36(49)54-38)40-16-13-17-43-27-15-12-11-14-26(27)41-42-43)22(4)29(45)20(2)19-37(7,50-9)33(23(5)30(46)24(6)34(48)52-28)53-35-31(47)25(39)18-21(3)51-35/h11-12,14-15,20-25,28,31-33,35,40,47H,10,13,16-19,39H2,1-9H3/t20-,21-,22+,23+,24-,25?,28-,31?,32-,33-,35+,37-,38-/m1/s1.